The number of imidazole rings is 1. The lowest BCUT2D eigenvalue weighted by atomic mass is 9.79. The molecule has 1 aliphatic rings. The summed E-state index contributed by atoms with van der Waals surface area (Å²) in [5, 5.41) is 2.35. The first-order valence-electron chi connectivity index (χ1n) is 19.1. The number of hydrogen-bond donors (Lipinski definition) is 0. The van der Waals surface area contributed by atoms with E-state index < -0.39 is 0 Å². The molecule has 1 aliphatic carbocycles. The van der Waals surface area contributed by atoms with Crippen LogP contribution in [0.1, 0.15) is 89.8 Å². The van der Waals surface area contributed by atoms with Crippen LogP contribution >= 0.6 is 0 Å². The fourth-order valence-electron chi connectivity index (χ4n) is 9.03. The van der Waals surface area contributed by atoms with Gasteiger partial charge in [0.2, 0.25) is 0 Å². The van der Waals surface area contributed by atoms with Gasteiger partial charge in [0.15, 0.2) is 0 Å². The lowest BCUT2D eigenvalue weighted by Crippen LogP contribution is -2.15. The molecule has 264 valence electrons. The molecule has 0 amide bonds. The topological polar surface area (TPSA) is 44.9 Å². The maximum absolute atomic E-state index is 6.62. The van der Waals surface area contributed by atoms with Gasteiger partial charge in [0.05, 0.1) is 16.7 Å². The number of ether oxygens (including phenoxy) is 1. The van der Waals surface area contributed by atoms with Gasteiger partial charge in [-0.25, -0.2) is 9.97 Å². The smallest absolute Gasteiger partial charge is 0.144 e. The van der Waals surface area contributed by atoms with E-state index >= 15 is 0 Å². The average Bonchev–Trinajstić information content (AvgIpc) is 3.82. The second kappa shape index (κ2) is 13.4. The van der Waals surface area contributed by atoms with Crippen molar-refractivity contribution in [1.82, 2.24) is 19.1 Å². The van der Waals surface area contributed by atoms with Crippen LogP contribution in [-0.4, -0.2) is 19.1 Å². The minimum atomic E-state index is 0.357. The molecule has 0 N–H and O–H groups in total. The minimum Gasteiger partial charge on any atom is -0.457 e. The second-order valence-corrected chi connectivity index (χ2v) is 15.8. The van der Waals surface area contributed by atoms with Crippen LogP contribution < -0.4 is 4.74 Å². The molecule has 1 saturated carbocycles. The molecule has 3 heterocycles. The van der Waals surface area contributed by atoms with Crippen LogP contribution in [-0.2, 0) is 0 Å². The van der Waals surface area contributed by atoms with Crippen molar-refractivity contribution in [3.8, 4) is 34.4 Å². The van der Waals surface area contributed by atoms with Gasteiger partial charge in [-0.3, -0.25) is 9.13 Å². The first-order valence-corrected chi connectivity index (χ1v) is 19.1. The molecule has 5 heteroatoms. The van der Waals surface area contributed by atoms with E-state index in [-0.39, 0.29) is 0 Å². The van der Waals surface area contributed by atoms with Gasteiger partial charge < -0.3 is 4.74 Å². The van der Waals surface area contributed by atoms with Gasteiger partial charge in [0, 0.05) is 41.0 Å². The van der Waals surface area contributed by atoms with E-state index in [1.54, 1.807) is 0 Å². The van der Waals surface area contributed by atoms with Gasteiger partial charge in [-0.2, -0.15) is 0 Å². The standard InChI is InChI=1S/C47H50N4O/c1-28(2)40-25-35(45-32(7)30(5)31(6)33(45)8)26-41(29(3)4)46(40)50-23-22-49-47(50)34-14-13-15-36(24-34)52-37-19-20-39-38-16-9-10-17-42(38)51(43(39)27-37)44-18-11-12-21-48-44/h9-33,45H,1-8H3. The quantitative estimate of drug-likeness (QED) is 0.160. The Morgan fingerprint density at radius 3 is 1.96 bits per heavy atom. The highest BCUT2D eigenvalue weighted by Gasteiger charge is 2.42. The van der Waals surface area contributed by atoms with Crippen molar-refractivity contribution in [3.63, 3.8) is 0 Å². The lowest BCUT2D eigenvalue weighted by Gasteiger charge is -2.28. The number of hydrogen-bond acceptors (Lipinski definition) is 3. The third kappa shape index (κ3) is 5.71. The van der Waals surface area contributed by atoms with E-state index in [9.17, 15) is 0 Å². The molecule has 1 fully saturated rings. The molecule has 52 heavy (non-hydrogen) atoms. The van der Waals surface area contributed by atoms with Crippen molar-refractivity contribution < 1.29 is 4.74 Å². The number of fused-ring (bicyclic) bond motifs is 3. The van der Waals surface area contributed by atoms with Crippen molar-refractivity contribution in [1.29, 1.82) is 0 Å². The first-order chi connectivity index (χ1) is 25.1. The molecule has 3 aromatic heterocycles. The third-order valence-corrected chi connectivity index (χ3v) is 12.2. The predicted octanol–water partition coefficient (Wildman–Crippen LogP) is 12.7. The van der Waals surface area contributed by atoms with E-state index in [0.29, 0.717) is 41.4 Å². The van der Waals surface area contributed by atoms with E-state index in [1.165, 1.54) is 27.8 Å². The number of nitrogens with zero attached hydrogens (tertiary/aromatic N) is 4. The fraction of sp³-hybridized carbons (Fsp3) is 0.319. The van der Waals surface area contributed by atoms with Gasteiger partial charge in [-0.05, 0) is 101 Å². The van der Waals surface area contributed by atoms with Crippen LogP contribution in [0.2, 0.25) is 0 Å². The zero-order chi connectivity index (χ0) is 36.3. The Bertz CT molecular complexity index is 2340. The van der Waals surface area contributed by atoms with Crippen LogP contribution in [0, 0.1) is 23.7 Å². The maximum Gasteiger partial charge on any atom is 0.144 e. The fourth-order valence-corrected chi connectivity index (χ4v) is 9.03. The highest BCUT2D eigenvalue weighted by Crippen LogP contribution is 2.52. The van der Waals surface area contributed by atoms with Gasteiger partial charge >= 0.3 is 0 Å². The summed E-state index contributed by atoms with van der Waals surface area (Å²) in [6, 6.07) is 34.2. The molecule has 7 aromatic rings. The maximum atomic E-state index is 6.62. The van der Waals surface area contributed by atoms with Crippen LogP contribution in [0.25, 0.3) is 44.7 Å². The zero-order valence-electron chi connectivity index (χ0n) is 31.7. The SMILES string of the molecule is CC(C)c1cc(C2C(C)C(C)C(C)C2C)cc(C(C)C)c1-n1ccnc1-c1cccc(Oc2ccc3c4ccccc4n(-c4ccccn4)c3c2)c1. The molecule has 4 atom stereocenters. The number of pyridine rings is 1. The van der Waals surface area contributed by atoms with E-state index in [4.69, 9.17) is 14.7 Å². The number of aromatic nitrogens is 4. The van der Waals surface area contributed by atoms with Crippen molar-refractivity contribution >= 4 is 21.8 Å². The zero-order valence-corrected chi connectivity index (χ0v) is 31.7. The predicted molar refractivity (Wildman–Crippen MR) is 215 cm³/mol. The largest absolute Gasteiger partial charge is 0.457 e. The molecule has 8 rings (SSSR count). The Morgan fingerprint density at radius 1 is 0.596 bits per heavy atom. The van der Waals surface area contributed by atoms with Crippen molar-refractivity contribution in [2.24, 2.45) is 23.7 Å². The van der Waals surface area contributed by atoms with Crippen molar-refractivity contribution in [2.75, 3.05) is 0 Å². The van der Waals surface area contributed by atoms with Crippen molar-refractivity contribution in [3.05, 3.63) is 132 Å². The van der Waals surface area contributed by atoms with E-state index in [1.807, 2.05) is 36.7 Å². The molecule has 4 aromatic carbocycles. The summed E-state index contributed by atoms with van der Waals surface area (Å²) in [6.45, 7) is 19.1. The van der Waals surface area contributed by atoms with E-state index in [0.717, 1.165) is 45.1 Å². The molecule has 5 nitrogen and oxygen atoms in total. The summed E-state index contributed by atoms with van der Waals surface area (Å²) in [7, 11) is 0. The molecule has 0 spiro atoms. The van der Waals surface area contributed by atoms with Crippen LogP contribution in [0.5, 0.6) is 11.5 Å². The summed E-state index contributed by atoms with van der Waals surface area (Å²) >= 11 is 0. The molecule has 0 saturated heterocycles. The Morgan fingerprint density at radius 2 is 1.27 bits per heavy atom. The monoisotopic (exact) mass is 686 g/mol. The lowest BCUT2D eigenvalue weighted by molar-refractivity contribution is 0.352. The van der Waals surface area contributed by atoms with Gasteiger partial charge in [0.25, 0.3) is 0 Å². The second-order valence-electron chi connectivity index (χ2n) is 15.8. The van der Waals surface area contributed by atoms with Gasteiger partial charge in [0.1, 0.15) is 23.1 Å². The Labute approximate surface area is 308 Å². The third-order valence-electron chi connectivity index (χ3n) is 12.2. The molecular formula is C47H50N4O. The summed E-state index contributed by atoms with van der Waals surface area (Å²) < 4.78 is 11.2. The first kappa shape index (κ1) is 34.0. The molecule has 0 aliphatic heterocycles. The van der Waals surface area contributed by atoms with Crippen LogP contribution in [0.3, 0.4) is 0 Å². The Kier molecular flexibility index (Phi) is 8.77. The van der Waals surface area contributed by atoms with Crippen LogP contribution in [0.15, 0.2) is 116 Å². The Balaban J connectivity index is 1.18. The highest BCUT2D eigenvalue weighted by molar-refractivity contribution is 6.09. The average molecular weight is 687 g/mol. The molecule has 4 unspecified atom stereocenters. The summed E-state index contributed by atoms with van der Waals surface area (Å²) in [5.74, 6) is 7.35. The van der Waals surface area contributed by atoms with Crippen molar-refractivity contribution in [2.45, 2.75) is 73.1 Å². The highest BCUT2D eigenvalue weighted by atomic mass is 16.5. The Hall–Kier alpha value is -5.16. The van der Waals surface area contributed by atoms with E-state index in [2.05, 4.69) is 144 Å². The number of para-hydroxylation sites is 1. The normalized spacial score (nSPS) is 20.5. The van der Waals surface area contributed by atoms with Crippen LogP contribution in [0.4, 0.5) is 0 Å². The van der Waals surface area contributed by atoms with Gasteiger partial charge in [-0.15, -0.1) is 0 Å². The number of rotatable bonds is 8. The summed E-state index contributed by atoms with van der Waals surface area (Å²) in [5.41, 5.74) is 8.73. The molecule has 0 bridgehead atoms. The number of benzene rings is 4. The summed E-state index contributed by atoms with van der Waals surface area (Å²) in [4.78, 5) is 9.66. The summed E-state index contributed by atoms with van der Waals surface area (Å²) in [6.07, 6.45) is 5.90. The minimum absolute atomic E-state index is 0.357. The molecular weight excluding hydrogens is 637 g/mol. The molecule has 0 radical (unpaired) electrons. The van der Waals surface area contributed by atoms with Gasteiger partial charge in [-0.1, -0.05) is 104 Å².